The van der Waals surface area contributed by atoms with E-state index in [9.17, 15) is 9.59 Å². The maximum Gasteiger partial charge on any atom is 0.278 e. The van der Waals surface area contributed by atoms with Crippen LogP contribution in [-0.4, -0.2) is 25.7 Å². The summed E-state index contributed by atoms with van der Waals surface area (Å²) in [7, 11) is 0. The molecule has 0 saturated carbocycles. The Morgan fingerprint density at radius 1 is 1.23 bits per heavy atom. The van der Waals surface area contributed by atoms with E-state index in [0.717, 1.165) is 11.1 Å². The number of aryl methyl sites for hydroxylation is 3. The topological polar surface area (TPSA) is 92.2 Å². The summed E-state index contributed by atoms with van der Waals surface area (Å²) in [6.07, 6.45) is 1.61. The van der Waals surface area contributed by atoms with E-state index in [0.29, 0.717) is 11.4 Å². The Kier molecular flexibility index (Phi) is 3.25. The second kappa shape index (κ2) is 5.10. The standard InChI is InChI=1S/C15H15N5O2/c1-8-4-5-11(6-9(8)2)17-14(21)12-13-15(22)16-10(3)7-20(13)19-18-12/h4-7H,1-3H3,(H,16,22)(H,17,21). The number of fused-ring (bicyclic) bond motifs is 1. The molecular weight excluding hydrogens is 282 g/mol. The Hall–Kier alpha value is -2.96. The smallest absolute Gasteiger partial charge is 0.278 e. The molecule has 3 rings (SSSR count). The number of carbonyl (C=O) groups is 1. The Balaban J connectivity index is 1.99. The molecule has 7 heteroatoms. The number of rotatable bonds is 2. The first-order valence-corrected chi connectivity index (χ1v) is 6.79. The van der Waals surface area contributed by atoms with Crippen molar-refractivity contribution >= 4 is 17.1 Å². The van der Waals surface area contributed by atoms with E-state index in [2.05, 4.69) is 20.6 Å². The maximum absolute atomic E-state index is 12.3. The first-order valence-electron chi connectivity index (χ1n) is 6.79. The lowest BCUT2D eigenvalue weighted by Crippen LogP contribution is -2.18. The van der Waals surface area contributed by atoms with Gasteiger partial charge in [0.25, 0.3) is 11.5 Å². The van der Waals surface area contributed by atoms with Crippen LogP contribution in [0.15, 0.2) is 29.2 Å². The van der Waals surface area contributed by atoms with Gasteiger partial charge in [-0.15, -0.1) is 5.10 Å². The number of carbonyl (C=O) groups excluding carboxylic acids is 1. The van der Waals surface area contributed by atoms with Gasteiger partial charge in [0.1, 0.15) is 0 Å². The van der Waals surface area contributed by atoms with E-state index in [1.807, 2.05) is 26.0 Å². The average Bonchev–Trinajstić information content (AvgIpc) is 2.87. The lowest BCUT2D eigenvalue weighted by molar-refractivity contribution is 0.102. The fourth-order valence-corrected chi connectivity index (χ4v) is 2.21. The fourth-order valence-electron chi connectivity index (χ4n) is 2.21. The van der Waals surface area contributed by atoms with Gasteiger partial charge in [0.15, 0.2) is 11.2 Å². The molecule has 2 heterocycles. The molecule has 0 aliphatic rings. The van der Waals surface area contributed by atoms with Crippen molar-refractivity contribution in [3.8, 4) is 0 Å². The second-order valence-corrected chi connectivity index (χ2v) is 5.25. The van der Waals surface area contributed by atoms with Crippen molar-refractivity contribution in [2.45, 2.75) is 20.8 Å². The van der Waals surface area contributed by atoms with Gasteiger partial charge in [0.2, 0.25) is 0 Å². The van der Waals surface area contributed by atoms with Gasteiger partial charge < -0.3 is 10.3 Å². The van der Waals surface area contributed by atoms with Crippen molar-refractivity contribution in [2.24, 2.45) is 0 Å². The Morgan fingerprint density at radius 3 is 2.73 bits per heavy atom. The van der Waals surface area contributed by atoms with Crippen LogP contribution < -0.4 is 10.9 Å². The van der Waals surface area contributed by atoms with Crippen molar-refractivity contribution in [1.29, 1.82) is 0 Å². The van der Waals surface area contributed by atoms with Gasteiger partial charge in [-0.2, -0.15) is 0 Å². The van der Waals surface area contributed by atoms with E-state index in [4.69, 9.17) is 0 Å². The Bertz CT molecular complexity index is 939. The lowest BCUT2D eigenvalue weighted by atomic mass is 10.1. The summed E-state index contributed by atoms with van der Waals surface area (Å²) < 4.78 is 1.31. The molecule has 0 saturated heterocycles. The number of nitrogens with one attached hydrogen (secondary N) is 2. The van der Waals surface area contributed by atoms with Crippen LogP contribution in [0.3, 0.4) is 0 Å². The molecule has 0 aliphatic carbocycles. The highest BCUT2D eigenvalue weighted by atomic mass is 16.2. The second-order valence-electron chi connectivity index (χ2n) is 5.25. The molecule has 1 aromatic carbocycles. The summed E-state index contributed by atoms with van der Waals surface area (Å²) >= 11 is 0. The number of H-pyrrole nitrogens is 1. The first-order chi connectivity index (χ1) is 10.5. The van der Waals surface area contributed by atoms with Crippen LogP contribution in [-0.2, 0) is 0 Å². The SMILES string of the molecule is Cc1cn2nnc(C(=O)Nc3ccc(C)c(C)c3)c2c(=O)[nH]1. The molecule has 0 fully saturated rings. The molecule has 0 spiro atoms. The van der Waals surface area contributed by atoms with Gasteiger partial charge in [-0.1, -0.05) is 11.3 Å². The summed E-state index contributed by atoms with van der Waals surface area (Å²) in [5, 5.41) is 10.4. The molecule has 112 valence electrons. The van der Waals surface area contributed by atoms with Gasteiger partial charge in [-0.25, -0.2) is 4.52 Å². The molecule has 0 atom stereocenters. The molecule has 0 radical (unpaired) electrons. The van der Waals surface area contributed by atoms with E-state index in [1.165, 1.54) is 4.52 Å². The van der Waals surface area contributed by atoms with Gasteiger partial charge in [0, 0.05) is 11.4 Å². The monoisotopic (exact) mass is 297 g/mol. The third-order valence-corrected chi connectivity index (χ3v) is 3.52. The normalized spacial score (nSPS) is 10.9. The molecule has 1 amide bonds. The summed E-state index contributed by atoms with van der Waals surface area (Å²) in [6, 6.07) is 5.60. The summed E-state index contributed by atoms with van der Waals surface area (Å²) in [6.45, 7) is 5.69. The van der Waals surface area contributed by atoms with Gasteiger partial charge >= 0.3 is 0 Å². The zero-order chi connectivity index (χ0) is 15.9. The van der Waals surface area contributed by atoms with Gasteiger partial charge in [-0.05, 0) is 44.0 Å². The predicted molar refractivity (Wildman–Crippen MR) is 82.2 cm³/mol. The van der Waals surface area contributed by atoms with E-state index >= 15 is 0 Å². The molecular formula is C15H15N5O2. The molecule has 3 aromatic rings. The number of nitrogens with zero attached hydrogens (tertiary/aromatic N) is 3. The highest BCUT2D eigenvalue weighted by Crippen LogP contribution is 2.15. The molecule has 7 nitrogen and oxygen atoms in total. The lowest BCUT2D eigenvalue weighted by Gasteiger charge is -2.06. The number of hydrogen-bond acceptors (Lipinski definition) is 4. The highest BCUT2D eigenvalue weighted by molar-refractivity contribution is 6.07. The molecule has 2 aromatic heterocycles. The van der Waals surface area contributed by atoms with Crippen molar-refractivity contribution in [3.63, 3.8) is 0 Å². The minimum absolute atomic E-state index is 0.000483. The minimum Gasteiger partial charge on any atom is -0.323 e. The van der Waals surface area contributed by atoms with Crippen LogP contribution in [0, 0.1) is 20.8 Å². The van der Waals surface area contributed by atoms with Crippen molar-refractivity contribution < 1.29 is 4.79 Å². The zero-order valence-electron chi connectivity index (χ0n) is 12.5. The van der Waals surface area contributed by atoms with Crippen LogP contribution >= 0.6 is 0 Å². The quantitative estimate of drug-likeness (QED) is 0.751. The molecule has 0 aliphatic heterocycles. The van der Waals surface area contributed by atoms with Crippen molar-refractivity contribution in [2.75, 3.05) is 5.32 Å². The average molecular weight is 297 g/mol. The van der Waals surface area contributed by atoms with Crippen LogP contribution in [0.25, 0.3) is 5.52 Å². The van der Waals surface area contributed by atoms with Crippen LogP contribution in [0.1, 0.15) is 27.3 Å². The largest absolute Gasteiger partial charge is 0.323 e. The predicted octanol–water partition coefficient (Wildman–Crippen LogP) is 1.60. The summed E-state index contributed by atoms with van der Waals surface area (Å²) in [5.41, 5.74) is 3.24. The maximum atomic E-state index is 12.3. The first kappa shape index (κ1) is 14.0. The summed E-state index contributed by atoms with van der Waals surface area (Å²) in [4.78, 5) is 27.0. The number of aromatic nitrogens is 4. The molecule has 0 bridgehead atoms. The van der Waals surface area contributed by atoms with Crippen molar-refractivity contribution in [3.05, 3.63) is 57.3 Å². The van der Waals surface area contributed by atoms with E-state index in [-0.39, 0.29) is 11.2 Å². The van der Waals surface area contributed by atoms with E-state index in [1.54, 1.807) is 19.2 Å². The number of hydrogen-bond donors (Lipinski definition) is 2. The molecule has 0 unspecified atom stereocenters. The van der Waals surface area contributed by atoms with Crippen LogP contribution in [0.2, 0.25) is 0 Å². The summed E-state index contributed by atoms with van der Waals surface area (Å²) in [5.74, 6) is -0.465. The number of benzene rings is 1. The zero-order valence-corrected chi connectivity index (χ0v) is 12.5. The van der Waals surface area contributed by atoms with Crippen molar-refractivity contribution in [1.82, 2.24) is 19.8 Å². The number of amides is 1. The Morgan fingerprint density at radius 2 is 2.00 bits per heavy atom. The third-order valence-electron chi connectivity index (χ3n) is 3.52. The molecule has 22 heavy (non-hydrogen) atoms. The van der Waals surface area contributed by atoms with Crippen LogP contribution in [0.4, 0.5) is 5.69 Å². The number of aromatic amines is 1. The minimum atomic E-state index is -0.465. The Labute approximate surface area is 126 Å². The van der Waals surface area contributed by atoms with Gasteiger partial charge in [-0.3, -0.25) is 9.59 Å². The van der Waals surface area contributed by atoms with Gasteiger partial charge in [0.05, 0.1) is 6.20 Å². The number of anilines is 1. The highest BCUT2D eigenvalue weighted by Gasteiger charge is 2.18. The van der Waals surface area contributed by atoms with Crippen LogP contribution in [0.5, 0.6) is 0 Å². The fraction of sp³-hybridized carbons (Fsp3) is 0.200. The third kappa shape index (κ3) is 2.37. The van der Waals surface area contributed by atoms with E-state index < -0.39 is 11.5 Å². The molecule has 2 N–H and O–H groups in total.